The molecule has 2 aliphatic heterocycles. The minimum Gasteiger partial charge on any atom is -0.343 e. The molecule has 0 spiro atoms. The lowest BCUT2D eigenvalue weighted by Crippen LogP contribution is -2.40. The SMILES string of the molecule is CC(=O)N1CCC(c2nnc3n2CCN(C(=O)CCC2CCCC2)C3)CC1. The van der Waals surface area contributed by atoms with Gasteiger partial charge in [0.25, 0.3) is 0 Å². The van der Waals surface area contributed by atoms with Gasteiger partial charge in [-0.2, -0.15) is 0 Å². The Morgan fingerprint density at radius 2 is 1.70 bits per heavy atom. The van der Waals surface area contributed by atoms with Gasteiger partial charge in [0, 0.05) is 45.4 Å². The predicted octanol–water partition coefficient (Wildman–Crippen LogP) is 2.32. The van der Waals surface area contributed by atoms with Gasteiger partial charge in [-0.1, -0.05) is 25.7 Å². The number of hydrogen-bond acceptors (Lipinski definition) is 4. The lowest BCUT2D eigenvalue weighted by molar-refractivity contribution is -0.133. The zero-order valence-corrected chi connectivity index (χ0v) is 16.4. The summed E-state index contributed by atoms with van der Waals surface area (Å²) >= 11 is 0. The second-order valence-electron chi connectivity index (χ2n) is 8.41. The largest absolute Gasteiger partial charge is 0.343 e. The van der Waals surface area contributed by atoms with Crippen molar-refractivity contribution < 1.29 is 9.59 Å². The number of rotatable bonds is 4. The minimum atomic E-state index is 0.156. The Hall–Kier alpha value is -1.92. The third-order valence-corrected chi connectivity index (χ3v) is 6.68. The molecule has 0 aromatic carbocycles. The summed E-state index contributed by atoms with van der Waals surface area (Å²) < 4.78 is 2.22. The zero-order chi connectivity index (χ0) is 18.8. The van der Waals surface area contributed by atoms with E-state index >= 15 is 0 Å². The highest BCUT2D eigenvalue weighted by atomic mass is 16.2. The molecule has 1 aromatic rings. The smallest absolute Gasteiger partial charge is 0.223 e. The zero-order valence-electron chi connectivity index (χ0n) is 16.4. The molecule has 7 nitrogen and oxygen atoms in total. The van der Waals surface area contributed by atoms with Gasteiger partial charge in [0.05, 0.1) is 6.54 Å². The number of likely N-dealkylation sites (tertiary alicyclic amines) is 1. The summed E-state index contributed by atoms with van der Waals surface area (Å²) in [6.07, 6.45) is 8.88. The highest BCUT2D eigenvalue weighted by Gasteiger charge is 2.30. The van der Waals surface area contributed by atoms with Gasteiger partial charge in [0.15, 0.2) is 5.82 Å². The third kappa shape index (κ3) is 4.01. The van der Waals surface area contributed by atoms with Crippen molar-refractivity contribution in [1.29, 1.82) is 0 Å². The highest BCUT2D eigenvalue weighted by molar-refractivity contribution is 5.76. The quantitative estimate of drug-likeness (QED) is 0.812. The fourth-order valence-electron chi connectivity index (χ4n) is 4.93. The van der Waals surface area contributed by atoms with Gasteiger partial charge in [-0.15, -0.1) is 10.2 Å². The van der Waals surface area contributed by atoms with Crippen LogP contribution < -0.4 is 0 Å². The van der Waals surface area contributed by atoms with Crippen LogP contribution in [0.2, 0.25) is 0 Å². The van der Waals surface area contributed by atoms with E-state index in [1.807, 2.05) is 9.80 Å². The third-order valence-electron chi connectivity index (χ3n) is 6.68. The van der Waals surface area contributed by atoms with Crippen LogP contribution in [0, 0.1) is 5.92 Å². The highest BCUT2D eigenvalue weighted by Crippen LogP contribution is 2.30. The van der Waals surface area contributed by atoms with E-state index < -0.39 is 0 Å². The van der Waals surface area contributed by atoms with Gasteiger partial charge < -0.3 is 14.4 Å². The number of fused-ring (bicyclic) bond motifs is 1. The first-order valence-electron chi connectivity index (χ1n) is 10.6. The molecule has 1 saturated heterocycles. The second kappa shape index (κ2) is 7.98. The van der Waals surface area contributed by atoms with Crippen molar-refractivity contribution in [3.05, 3.63) is 11.6 Å². The fraction of sp³-hybridized carbons (Fsp3) is 0.800. The van der Waals surface area contributed by atoms with Crippen LogP contribution in [0.1, 0.15) is 75.9 Å². The Kier molecular flexibility index (Phi) is 5.45. The number of hydrogen-bond donors (Lipinski definition) is 0. The van der Waals surface area contributed by atoms with Crippen LogP contribution in [0.4, 0.5) is 0 Å². The number of carbonyl (C=O) groups is 2. The Morgan fingerprint density at radius 1 is 0.963 bits per heavy atom. The average molecular weight is 374 g/mol. The van der Waals surface area contributed by atoms with Gasteiger partial charge in [0.1, 0.15) is 5.82 Å². The molecular formula is C20H31N5O2. The van der Waals surface area contributed by atoms with E-state index in [0.717, 1.165) is 63.0 Å². The molecule has 0 atom stereocenters. The summed E-state index contributed by atoms with van der Waals surface area (Å²) in [7, 11) is 0. The first-order chi connectivity index (χ1) is 13.1. The van der Waals surface area contributed by atoms with E-state index in [1.54, 1.807) is 6.92 Å². The van der Waals surface area contributed by atoms with Crippen LogP contribution in [0.15, 0.2) is 0 Å². The molecule has 1 saturated carbocycles. The molecule has 148 valence electrons. The monoisotopic (exact) mass is 373 g/mol. The molecular weight excluding hydrogens is 342 g/mol. The number of carbonyl (C=O) groups excluding carboxylic acids is 2. The number of piperidine rings is 1. The van der Waals surface area contributed by atoms with E-state index in [0.29, 0.717) is 18.9 Å². The molecule has 7 heteroatoms. The standard InChI is InChI=1S/C20H31N5O2/c1-15(26)23-10-8-17(9-11-23)20-22-21-18-14-24(12-13-25(18)20)19(27)7-6-16-4-2-3-5-16/h16-17H,2-14H2,1H3. The molecule has 0 N–H and O–H groups in total. The second-order valence-corrected chi connectivity index (χ2v) is 8.41. The average Bonchev–Trinajstić information content (AvgIpc) is 3.35. The van der Waals surface area contributed by atoms with Gasteiger partial charge in [0.2, 0.25) is 11.8 Å². The van der Waals surface area contributed by atoms with Gasteiger partial charge >= 0.3 is 0 Å². The number of aromatic nitrogens is 3. The van der Waals surface area contributed by atoms with Crippen molar-refractivity contribution in [2.45, 2.75) is 77.3 Å². The molecule has 0 radical (unpaired) electrons. The maximum atomic E-state index is 12.6. The van der Waals surface area contributed by atoms with Crippen molar-refractivity contribution in [2.24, 2.45) is 5.92 Å². The Labute approximate surface area is 161 Å². The van der Waals surface area contributed by atoms with Crippen LogP contribution >= 0.6 is 0 Å². The summed E-state index contributed by atoms with van der Waals surface area (Å²) in [5.41, 5.74) is 0. The van der Waals surface area contributed by atoms with E-state index in [4.69, 9.17) is 0 Å². The first kappa shape index (κ1) is 18.4. The van der Waals surface area contributed by atoms with Crippen molar-refractivity contribution in [3.63, 3.8) is 0 Å². The molecule has 4 rings (SSSR count). The molecule has 0 bridgehead atoms. The van der Waals surface area contributed by atoms with Gasteiger partial charge in [-0.3, -0.25) is 9.59 Å². The van der Waals surface area contributed by atoms with Crippen molar-refractivity contribution >= 4 is 11.8 Å². The van der Waals surface area contributed by atoms with Gasteiger partial charge in [-0.25, -0.2) is 0 Å². The number of amides is 2. The minimum absolute atomic E-state index is 0.156. The lowest BCUT2D eigenvalue weighted by Gasteiger charge is -2.32. The Bertz CT molecular complexity index is 687. The van der Waals surface area contributed by atoms with E-state index in [9.17, 15) is 9.59 Å². The van der Waals surface area contributed by atoms with Crippen LogP contribution in [-0.4, -0.2) is 56.0 Å². The summed E-state index contributed by atoms with van der Waals surface area (Å²) in [6, 6.07) is 0. The molecule has 1 aliphatic carbocycles. The van der Waals surface area contributed by atoms with Crippen LogP contribution in [0.5, 0.6) is 0 Å². The number of nitrogens with zero attached hydrogens (tertiary/aromatic N) is 5. The van der Waals surface area contributed by atoms with Gasteiger partial charge in [-0.05, 0) is 25.2 Å². The van der Waals surface area contributed by atoms with Crippen molar-refractivity contribution in [2.75, 3.05) is 19.6 Å². The predicted molar refractivity (Wildman–Crippen MR) is 101 cm³/mol. The fourth-order valence-corrected chi connectivity index (χ4v) is 4.93. The molecule has 27 heavy (non-hydrogen) atoms. The maximum Gasteiger partial charge on any atom is 0.223 e. The summed E-state index contributed by atoms with van der Waals surface area (Å²) in [4.78, 5) is 28.0. The van der Waals surface area contributed by atoms with Crippen molar-refractivity contribution in [1.82, 2.24) is 24.6 Å². The lowest BCUT2D eigenvalue weighted by atomic mass is 9.95. The Morgan fingerprint density at radius 3 is 2.41 bits per heavy atom. The van der Waals surface area contributed by atoms with Crippen molar-refractivity contribution in [3.8, 4) is 0 Å². The molecule has 3 aliphatic rings. The maximum absolute atomic E-state index is 12.6. The van der Waals surface area contributed by atoms with Crippen LogP contribution in [-0.2, 0) is 22.7 Å². The van der Waals surface area contributed by atoms with Crippen LogP contribution in [0.3, 0.4) is 0 Å². The van der Waals surface area contributed by atoms with E-state index in [2.05, 4.69) is 14.8 Å². The molecule has 2 amide bonds. The summed E-state index contributed by atoms with van der Waals surface area (Å²) in [5, 5.41) is 8.86. The summed E-state index contributed by atoms with van der Waals surface area (Å²) in [6.45, 7) is 5.37. The first-order valence-corrected chi connectivity index (χ1v) is 10.6. The topological polar surface area (TPSA) is 71.3 Å². The summed E-state index contributed by atoms with van der Waals surface area (Å²) in [5.74, 6) is 3.52. The molecule has 1 aromatic heterocycles. The van der Waals surface area contributed by atoms with E-state index in [1.165, 1.54) is 25.7 Å². The Balaban J connectivity index is 1.33. The normalized spacial score (nSPS) is 21.5. The van der Waals surface area contributed by atoms with E-state index in [-0.39, 0.29) is 11.8 Å². The molecule has 2 fully saturated rings. The molecule has 0 unspecified atom stereocenters. The molecule has 3 heterocycles. The van der Waals surface area contributed by atoms with Crippen LogP contribution in [0.25, 0.3) is 0 Å².